The fraction of sp³-hybridized carbons (Fsp3) is 0.300. The number of para-hydroxylation sites is 1. The second-order valence-electron chi connectivity index (χ2n) is 2.83. The molecule has 3 nitrogen and oxygen atoms in total. The van der Waals surface area contributed by atoms with Crippen molar-refractivity contribution in [2.75, 3.05) is 18.6 Å². The van der Waals surface area contributed by atoms with Gasteiger partial charge in [-0.2, -0.15) is 0 Å². The number of hydrogen-bond acceptors (Lipinski definition) is 2. The van der Waals surface area contributed by atoms with Crippen LogP contribution in [0.15, 0.2) is 18.2 Å². The van der Waals surface area contributed by atoms with E-state index in [1.165, 1.54) is 13.1 Å². The number of carbonyl (C=O) groups is 1. The zero-order chi connectivity index (χ0) is 11.4. The zero-order valence-electron chi connectivity index (χ0n) is 8.46. The average molecular weight is 215 g/mol. The summed E-state index contributed by atoms with van der Waals surface area (Å²) in [5.41, 5.74) is -0.407. The summed E-state index contributed by atoms with van der Waals surface area (Å²) >= 11 is 0. The summed E-state index contributed by atoms with van der Waals surface area (Å²) in [6.07, 6.45) is -0.790. The first kappa shape index (κ1) is 11.4. The molecule has 0 atom stereocenters. The Morgan fingerprint density at radius 3 is 2.40 bits per heavy atom. The molecule has 82 valence electrons. The number of hydrogen-bond donors (Lipinski definition) is 0. The molecule has 1 aromatic rings. The number of anilines is 1. The van der Waals surface area contributed by atoms with Gasteiger partial charge in [0.25, 0.3) is 0 Å². The Kier molecular flexibility index (Phi) is 3.60. The highest BCUT2D eigenvalue weighted by Crippen LogP contribution is 2.22. The molecule has 0 saturated carbocycles. The molecule has 0 unspecified atom stereocenters. The molecule has 0 N–H and O–H groups in total. The van der Waals surface area contributed by atoms with Gasteiger partial charge in [-0.15, -0.1) is 0 Å². The molecule has 0 bridgehead atoms. The van der Waals surface area contributed by atoms with Gasteiger partial charge in [0.05, 0.1) is 6.61 Å². The van der Waals surface area contributed by atoms with E-state index in [0.29, 0.717) is 0 Å². The summed E-state index contributed by atoms with van der Waals surface area (Å²) in [6.45, 7) is 1.77. The summed E-state index contributed by atoms with van der Waals surface area (Å²) in [5, 5.41) is 0. The second-order valence-corrected chi connectivity index (χ2v) is 2.83. The largest absolute Gasteiger partial charge is 0.449 e. The van der Waals surface area contributed by atoms with Gasteiger partial charge in [-0.1, -0.05) is 6.07 Å². The monoisotopic (exact) mass is 215 g/mol. The molecule has 0 radical (unpaired) electrons. The van der Waals surface area contributed by atoms with Crippen molar-refractivity contribution in [1.82, 2.24) is 0 Å². The molecule has 15 heavy (non-hydrogen) atoms. The molecule has 0 heterocycles. The highest BCUT2D eigenvalue weighted by Gasteiger charge is 2.19. The van der Waals surface area contributed by atoms with Crippen LogP contribution in [0.5, 0.6) is 0 Å². The van der Waals surface area contributed by atoms with Gasteiger partial charge < -0.3 is 4.74 Å². The van der Waals surface area contributed by atoms with Crippen molar-refractivity contribution >= 4 is 11.8 Å². The fourth-order valence-electron chi connectivity index (χ4n) is 1.12. The first-order valence-corrected chi connectivity index (χ1v) is 4.42. The number of nitrogens with zero attached hydrogens (tertiary/aromatic N) is 1. The maximum atomic E-state index is 13.2. The lowest BCUT2D eigenvalue weighted by molar-refractivity contribution is 0.161. The highest BCUT2D eigenvalue weighted by atomic mass is 19.1. The number of amides is 1. The van der Waals surface area contributed by atoms with Gasteiger partial charge in [0.15, 0.2) is 0 Å². The van der Waals surface area contributed by atoms with Gasteiger partial charge in [0.2, 0.25) is 0 Å². The Bertz CT molecular complexity index is 348. The van der Waals surface area contributed by atoms with Gasteiger partial charge >= 0.3 is 6.09 Å². The topological polar surface area (TPSA) is 29.5 Å². The lowest BCUT2D eigenvalue weighted by Gasteiger charge is -2.17. The van der Waals surface area contributed by atoms with Crippen LogP contribution in [0.4, 0.5) is 19.3 Å². The molecule has 0 aliphatic rings. The van der Waals surface area contributed by atoms with Gasteiger partial charge in [-0.25, -0.2) is 13.6 Å². The van der Waals surface area contributed by atoms with Crippen LogP contribution in [-0.2, 0) is 4.74 Å². The van der Waals surface area contributed by atoms with Crippen LogP contribution in [0, 0.1) is 11.6 Å². The number of halogens is 2. The minimum atomic E-state index is -0.800. The predicted octanol–water partition coefficient (Wildman–Crippen LogP) is 2.56. The fourth-order valence-corrected chi connectivity index (χ4v) is 1.12. The molecule has 0 spiro atoms. The molecular weight excluding hydrogens is 204 g/mol. The van der Waals surface area contributed by atoms with E-state index in [1.54, 1.807) is 6.92 Å². The van der Waals surface area contributed by atoms with Crippen molar-refractivity contribution in [1.29, 1.82) is 0 Å². The molecule has 1 aromatic carbocycles. The third-order valence-corrected chi connectivity index (χ3v) is 1.81. The molecule has 0 fully saturated rings. The van der Waals surface area contributed by atoms with E-state index < -0.39 is 23.4 Å². The predicted molar refractivity (Wildman–Crippen MR) is 51.8 cm³/mol. The van der Waals surface area contributed by atoms with Crippen LogP contribution in [0.1, 0.15) is 6.92 Å². The summed E-state index contributed by atoms with van der Waals surface area (Å²) < 4.78 is 31.0. The minimum absolute atomic E-state index is 0.152. The van der Waals surface area contributed by atoms with Gasteiger partial charge in [0.1, 0.15) is 17.3 Å². The summed E-state index contributed by atoms with van der Waals surface area (Å²) in [5.74, 6) is -1.60. The van der Waals surface area contributed by atoms with Crippen LogP contribution in [0.2, 0.25) is 0 Å². The number of benzene rings is 1. The van der Waals surface area contributed by atoms with Crippen molar-refractivity contribution in [3.63, 3.8) is 0 Å². The van der Waals surface area contributed by atoms with E-state index in [9.17, 15) is 13.6 Å². The van der Waals surface area contributed by atoms with Crippen LogP contribution >= 0.6 is 0 Å². The SMILES string of the molecule is CCOC(=O)N(C)c1c(F)cccc1F. The van der Waals surface area contributed by atoms with E-state index in [1.807, 2.05) is 0 Å². The lowest BCUT2D eigenvalue weighted by Crippen LogP contribution is -2.28. The Hall–Kier alpha value is -1.65. The zero-order valence-corrected chi connectivity index (χ0v) is 8.46. The highest BCUT2D eigenvalue weighted by molar-refractivity contribution is 5.87. The number of ether oxygens (including phenoxy) is 1. The van der Waals surface area contributed by atoms with Crippen molar-refractivity contribution in [2.24, 2.45) is 0 Å². The van der Waals surface area contributed by atoms with Gasteiger partial charge in [-0.3, -0.25) is 4.90 Å². The van der Waals surface area contributed by atoms with Crippen LogP contribution in [0.25, 0.3) is 0 Å². The van der Waals surface area contributed by atoms with E-state index in [2.05, 4.69) is 4.74 Å². The first-order chi connectivity index (χ1) is 7.07. The Morgan fingerprint density at radius 1 is 1.40 bits per heavy atom. The van der Waals surface area contributed by atoms with E-state index in [0.717, 1.165) is 17.0 Å². The molecule has 0 aliphatic carbocycles. The summed E-state index contributed by atoms with van der Waals surface area (Å²) in [7, 11) is 1.25. The summed E-state index contributed by atoms with van der Waals surface area (Å²) in [4.78, 5) is 12.0. The standard InChI is InChI=1S/C10H11F2NO2/c1-3-15-10(14)13(2)9-7(11)5-4-6-8(9)12/h4-6H,3H2,1-2H3. The molecule has 1 amide bonds. The Morgan fingerprint density at radius 2 is 1.93 bits per heavy atom. The molecular formula is C10H11F2NO2. The molecule has 0 saturated heterocycles. The third-order valence-electron chi connectivity index (χ3n) is 1.81. The van der Waals surface area contributed by atoms with E-state index in [-0.39, 0.29) is 6.61 Å². The Labute approximate surface area is 86.3 Å². The Balaban J connectivity index is 3.00. The van der Waals surface area contributed by atoms with Crippen molar-refractivity contribution < 1.29 is 18.3 Å². The van der Waals surface area contributed by atoms with Crippen molar-refractivity contribution in [3.8, 4) is 0 Å². The van der Waals surface area contributed by atoms with E-state index in [4.69, 9.17) is 0 Å². The molecule has 1 rings (SSSR count). The average Bonchev–Trinajstić information content (AvgIpc) is 2.17. The minimum Gasteiger partial charge on any atom is -0.449 e. The first-order valence-electron chi connectivity index (χ1n) is 4.42. The third kappa shape index (κ3) is 2.43. The number of rotatable bonds is 2. The number of carbonyl (C=O) groups excluding carboxylic acids is 1. The smallest absolute Gasteiger partial charge is 0.414 e. The quantitative estimate of drug-likeness (QED) is 0.758. The van der Waals surface area contributed by atoms with Crippen molar-refractivity contribution in [2.45, 2.75) is 6.92 Å². The summed E-state index contributed by atoms with van der Waals surface area (Å²) in [6, 6.07) is 3.38. The van der Waals surface area contributed by atoms with Gasteiger partial charge in [0, 0.05) is 7.05 Å². The van der Waals surface area contributed by atoms with Gasteiger partial charge in [-0.05, 0) is 19.1 Å². The maximum absolute atomic E-state index is 13.2. The van der Waals surface area contributed by atoms with Crippen LogP contribution in [0.3, 0.4) is 0 Å². The molecule has 0 aromatic heterocycles. The molecule has 0 aliphatic heterocycles. The van der Waals surface area contributed by atoms with E-state index >= 15 is 0 Å². The van der Waals surface area contributed by atoms with Crippen LogP contribution in [-0.4, -0.2) is 19.7 Å². The van der Waals surface area contributed by atoms with Crippen molar-refractivity contribution in [3.05, 3.63) is 29.8 Å². The lowest BCUT2D eigenvalue weighted by atomic mass is 10.3. The normalized spacial score (nSPS) is 9.87. The maximum Gasteiger partial charge on any atom is 0.414 e. The van der Waals surface area contributed by atoms with Crippen LogP contribution < -0.4 is 4.90 Å². The molecule has 5 heteroatoms. The second kappa shape index (κ2) is 4.72.